The Kier molecular flexibility index (Phi) is 9.43. The second-order valence-electron chi connectivity index (χ2n) is 7.96. The van der Waals surface area contributed by atoms with E-state index in [2.05, 4.69) is 10.3 Å². The van der Waals surface area contributed by atoms with Crippen LogP contribution in [0.4, 0.5) is 0 Å². The van der Waals surface area contributed by atoms with Gasteiger partial charge in [0.2, 0.25) is 0 Å². The van der Waals surface area contributed by atoms with E-state index in [0.29, 0.717) is 42.7 Å². The molecule has 0 saturated heterocycles. The summed E-state index contributed by atoms with van der Waals surface area (Å²) in [5.41, 5.74) is 3.88. The number of carboxylic acid groups (broad SMARTS) is 1. The van der Waals surface area contributed by atoms with Crippen molar-refractivity contribution in [3.8, 4) is 11.5 Å². The molecule has 4 rings (SSSR count). The van der Waals surface area contributed by atoms with Crippen LogP contribution in [0.15, 0.2) is 72.9 Å². The zero-order valence-electron chi connectivity index (χ0n) is 19.3. The molecule has 0 fully saturated rings. The standard InChI is InChI=1S/C27H27ClN2O4.ClH/c1-2-33-26-13-19(9-12-25(26)34-17-18-7-10-21(28)11-8-18)15-29-24(27(31)32)14-20-16-30-23-6-4-3-5-22(20)23;/h3-13,16,24,29-30H,2,14-15,17H2,1H3,(H,31,32);1H/p-1. The number of carboxylic acids is 1. The highest BCUT2D eigenvalue weighted by Crippen LogP contribution is 2.29. The molecule has 3 aromatic carbocycles. The zero-order chi connectivity index (χ0) is 23.9. The maximum absolute atomic E-state index is 11.9. The van der Waals surface area contributed by atoms with Crippen molar-refractivity contribution in [1.82, 2.24) is 10.3 Å². The predicted octanol–water partition coefficient (Wildman–Crippen LogP) is 2.59. The molecule has 0 bridgehead atoms. The highest BCUT2D eigenvalue weighted by Gasteiger charge is 2.19. The lowest BCUT2D eigenvalue weighted by Crippen LogP contribution is -3.00. The number of nitrogens with one attached hydrogen (secondary N) is 2. The van der Waals surface area contributed by atoms with Gasteiger partial charge >= 0.3 is 5.97 Å². The number of aliphatic carboxylic acids is 1. The van der Waals surface area contributed by atoms with E-state index >= 15 is 0 Å². The number of benzene rings is 3. The summed E-state index contributed by atoms with van der Waals surface area (Å²) in [6.07, 6.45) is 2.25. The summed E-state index contributed by atoms with van der Waals surface area (Å²) in [5, 5.41) is 14.7. The summed E-state index contributed by atoms with van der Waals surface area (Å²) >= 11 is 5.94. The zero-order valence-corrected chi connectivity index (χ0v) is 20.8. The third kappa shape index (κ3) is 6.92. The van der Waals surface area contributed by atoms with Crippen molar-refractivity contribution in [3.05, 3.63) is 94.6 Å². The summed E-state index contributed by atoms with van der Waals surface area (Å²) in [7, 11) is 0. The van der Waals surface area contributed by atoms with Crippen molar-refractivity contribution in [2.75, 3.05) is 6.61 Å². The lowest BCUT2D eigenvalue weighted by molar-refractivity contribution is -0.139. The Hall–Kier alpha value is -3.19. The number of hydrogen-bond acceptors (Lipinski definition) is 4. The summed E-state index contributed by atoms with van der Waals surface area (Å²) in [5.74, 6) is 0.367. The summed E-state index contributed by atoms with van der Waals surface area (Å²) in [6, 6.07) is 20.3. The minimum Gasteiger partial charge on any atom is -1.00 e. The second kappa shape index (κ2) is 12.5. The lowest BCUT2D eigenvalue weighted by Gasteiger charge is -2.16. The Bertz CT molecular complexity index is 1260. The number of halogens is 2. The molecule has 4 aromatic rings. The van der Waals surface area contributed by atoms with Crippen molar-refractivity contribution in [2.24, 2.45) is 0 Å². The molecule has 0 radical (unpaired) electrons. The summed E-state index contributed by atoms with van der Waals surface area (Å²) < 4.78 is 11.7. The van der Waals surface area contributed by atoms with Crippen LogP contribution in [-0.2, 0) is 24.4 Å². The number of para-hydroxylation sites is 1. The molecule has 0 amide bonds. The first kappa shape index (κ1) is 26.4. The van der Waals surface area contributed by atoms with Gasteiger partial charge in [0.05, 0.1) is 6.61 Å². The monoisotopic (exact) mass is 513 g/mol. The van der Waals surface area contributed by atoms with Crippen LogP contribution in [0.5, 0.6) is 11.5 Å². The molecule has 184 valence electrons. The smallest absolute Gasteiger partial charge is 0.321 e. The molecule has 0 saturated carbocycles. The lowest BCUT2D eigenvalue weighted by atomic mass is 10.0. The van der Waals surface area contributed by atoms with E-state index in [1.807, 2.05) is 79.9 Å². The number of hydrogen-bond donors (Lipinski definition) is 3. The van der Waals surface area contributed by atoms with Crippen molar-refractivity contribution >= 4 is 28.5 Å². The number of ether oxygens (including phenoxy) is 2. The van der Waals surface area contributed by atoms with Crippen molar-refractivity contribution in [3.63, 3.8) is 0 Å². The molecule has 35 heavy (non-hydrogen) atoms. The quantitative estimate of drug-likeness (QED) is 0.287. The van der Waals surface area contributed by atoms with Gasteiger partial charge in [0.15, 0.2) is 11.5 Å². The number of rotatable bonds is 11. The number of aromatic nitrogens is 1. The fraction of sp³-hybridized carbons (Fsp3) is 0.222. The Morgan fingerprint density at radius 1 is 1.03 bits per heavy atom. The number of fused-ring (bicyclic) bond motifs is 1. The first-order valence-electron chi connectivity index (χ1n) is 11.2. The van der Waals surface area contributed by atoms with E-state index in [-0.39, 0.29) is 12.4 Å². The van der Waals surface area contributed by atoms with Gasteiger partial charge in [0.1, 0.15) is 12.6 Å². The predicted molar refractivity (Wildman–Crippen MR) is 134 cm³/mol. The molecule has 1 aromatic heterocycles. The number of carbonyl (C=O) groups is 1. The van der Waals surface area contributed by atoms with Gasteiger partial charge in [-0.15, -0.1) is 0 Å². The van der Waals surface area contributed by atoms with Crippen LogP contribution in [0.2, 0.25) is 5.02 Å². The van der Waals surface area contributed by atoms with Crippen molar-refractivity contribution < 1.29 is 31.8 Å². The molecule has 6 nitrogen and oxygen atoms in total. The molecule has 1 heterocycles. The van der Waals surface area contributed by atoms with E-state index in [1.165, 1.54) is 0 Å². The van der Waals surface area contributed by atoms with E-state index in [0.717, 1.165) is 27.6 Å². The molecule has 0 aliphatic rings. The van der Waals surface area contributed by atoms with E-state index in [9.17, 15) is 9.90 Å². The molecule has 8 heteroatoms. The van der Waals surface area contributed by atoms with Gasteiger partial charge in [-0.2, -0.15) is 0 Å². The molecular weight excluding hydrogens is 487 g/mol. The Balaban J connectivity index is 0.00000342. The van der Waals surface area contributed by atoms with Crippen LogP contribution in [0, 0.1) is 0 Å². The van der Waals surface area contributed by atoms with Gasteiger partial charge in [0.25, 0.3) is 0 Å². The fourth-order valence-electron chi connectivity index (χ4n) is 3.80. The molecule has 0 aliphatic heterocycles. The average Bonchev–Trinajstić information content (AvgIpc) is 3.25. The van der Waals surface area contributed by atoms with E-state index in [1.54, 1.807) is 0 Å². The van der Waals surface area contributed by atoms with Gasteiger partial charge in [0, 0.05) is 35.1 Å². The first-order chi connectivity index (χ1) is 16.5. The van der Waals surface area contributed by atoms with E-state index < -0.39 is 12.0 Å². The number of aromatic amines is 1. The first-order valence-corrected chi connectivity index (χ1v) is 11.6. The minimum absolute atomic E-state index is 0. The van der Waals surface area contributed by atoms with Crippen molar-refractivity contribution in [1.29, 1.82) is 0 Å². The normalized spacial score (nSPS) is 11.6. The molecule has 0 spiro atoms. The fourth-order valence-corrected chi connectivity index (χ4v) is 3.93. The molecule has 0 aliphatic carbocycles. The third-order valence-corrected chi connectivity index (χ3v) is 5.82. The van der Waals surface area contributed by atoms with Gasteiger partial charge in [-0.25, -0.2) is 0 Å². The highest BCUT2D eigenvalue weighted by molar-refractivity contribution is 6.30. The molecule has 1 unspecified atom stereocenters. The SMILES string of the molecule is CCOc1cc(CNC(Cc2c[nH]c3ccccc23)C(=O)O)ccc1OCc1ccc(Cl)cc1.[Cl-]. The highest BCUT2D eigenvalue weighted by atomic mass is 35.5. The largest absolute Gasteiger partial charge is 1.00 e. The maximum atomic E-state index is 11.9. The van der Waals surface area contributed by atoms with E-state index in [4.69, 9.17) is 21.1 Å². The van der Waals surface area contributed by atoms with Crippen LogP contribution < -0.4 is 27.2 Å². The van der Waals surface area contributed by atoms with Crippen LogP contribution in [0.25, 0.3) is 10.9 Å². The Labute approximate surface area is 215 Å². The maximum Gasteiger partial charge on any atom is 0.321 e. The molecule has 3 N–H and O–H groups in total. The molecular formula is C27H27Cl2N2O4-. The van der Waals surface area contributed by atoms with Crippen LogP contribution in [0.3, 0.4) is 0 Å². The van der Waals surface area contributed by atoms with Gasteiger partial charge in [-0.05, 0) is 53.9 Å². The van der Waals surface area contributed by atoms with Gasteiger partial charge < -0.3 is 37.3 Å². The third-order valence-electron chi connectivity index (χ3n) is 5.57. The van der Waals surface area contributed by atoms with Gasteiger partial charge in [-0.3, -0.25) is 4.79 Å². The second-order valence-corrected chi connectivity index (χ2v) is 8.40. The average molecular weight is 514 g/mol. The minimum atomic E-state index is -0.891. The van der Waals surface area contributed by atoms with Gasteiger partial charge in [-0.1, -0.05) is 48.0 Å². The summed E-state index contributed by atoms with van der Waals surface area (Å²) in [4.78, 5) is 15.1. The topological polar surface area (TPSA) is 83.6 Å². The molecule has 1 atom stereocenters. The van der Waals surface area contributed by atoms with Crippen LogP contribution >= 0.6 is 11.6 Å². The summed E-state index contributed by atoms with van der Waals surface area (Å²) in [6.45, 7) is 3.18. The van der Waals surface area contributed by atoms with Crippen LogP contribution in [0.1, 0.15) is 23.6 Å². The Morgan fingerprint density at radius 3 is 2.51 bits per heavy atom. The number of H-pyrrole nitrogens is 1. The Morgan fingerprint density at radius 2 is 1.77 bits per heavy atom. The van der Waals surface area contributed by atoms with Crippen molar-refractivity contribution in [2.45, 2.75) is 32.5 Å². The van der Waals surface area contributed by atoms with Crippen LogP contribution in [-0.4, -0.2) is 28.7 Å².